The topological polar surface area (TPSA) is 29.1 Å². The Bertz CT molecular complexity index is 688. The maximum Gasteiger partial charge on any atom is 0.224 e. The number of amides is 1. The highest BCUT2D eigenvalue weighted by Crippen LogP contribution is 2.17. The van der Waals surface area contributed by atoms with Crippen LogP contribution in [-0.2, 0) is 11.2 Å². The summed E-state index contributed by atoms with van der Waals surface area (Å²) in [7, 11) is 0. The molecule has 0 spiro atoms. The lowest BCUT2D eigenvalue weighted by atomic mass is 10.0. The Kier molecular flexibility index (Phi) is 5.02. The Balaban J connectivity index is 2.04. The number of benzene rings is 2. The Morgan fingerprint density at radius 1 is 0.955 bits per heavy atom. The first-order chi connectivity index (χ1) is 10.4. The van der Waals surface area contributed by atoms with Gasteiger partial charge in [0, 0.05) is 0 Å². The van der Waals surface area contributed by atoms with Gasteiger partial charge in [0.2, 0.25) is 5.91 Å². The first kappa shape index (κ1) is 16.3. The van der Waals surface area contributed by atoms with Crippen molar-refractivity contribution in [2.45, 2.75) is 47.1 Å². The van der Waals surface area contributed by atoms with E-state index in [4.69, 9.17) is 0 Å². The van der Waals surface area contributed by atoms with Crippen molar-refractivity contribution in [1.82, 2.24) is 5.32 Å². The molecule has 0 radical (unpaired) electrons. The quantitative estimate of drug-likeness (QED) is 0.893. The molecule has 0 saturated heterocycles. The lowest BCUT2D eigenvalue weighted by Gasteiger charge is -2.16. The lowest BCUT2D eigenvalue weighted by Crippen LogP contribution is -2.28. The van der Waals surface area contributed by atoms with Gasteiger partial charge in [-0.3, -0.25) is 4.79 Å². The third-order valence-electron chi connectivity index (χ3n) is 4.26. The number of aryl methyl sites for hydroxylation is 4. The minimum absolute atomic E-state index is 0.0249. The third-order valence-corrected chi connectivity index (χ3v) is 4.26. The molecule has 0 saturated carbocycles. The molecule has 116 valence electrons. The van der Waals surface area contributed by atoms with E-state index in [2.05, 4.69) is 69.4 Å². The number of hydrogen-bond donors (Lipinski definition) is 1. The van der Waals surface area contributed by atoms with Crippen LogP contribution in [0.3, 0.4) is 0 Å². The van der Waals surface area contributed by atoms with E-state index in [0.29, 0.717) is 6.42 Å². The zero-order valence-electron chi connectivity index (χ0n) is 14.2. The number of hydrogen-bond acceptors (Lipinski definition) is 1. The molecule has 0 unspecified atom stereocenters. The van der Waals surface area contributed by atoms with Crippen LogP contribution in [-0.4, -0.2) is 5.91 Å². The summed E-state index contributed by atoms with van der Waals surface area (Å²) in [5, 5.41) is 3.10. The maximum absolute atomic E-state index is 12.3. The Morgan fingerprint density at radius 2 is 1.64 bits per heavy atom. The van der Waals surface area contributed by atoms with Crippen molar-refractivity contribution in [3.05, 3.63) is 69.8 Å². The largest absolute Gasteiger partial charge is 0.349 e. The molecule has 0 heterocycles. The monoisotopic (exact) mass is 295 g/mol. The number of nitrogens with one attached hydrogen (secondary N) is 1. The van der Waals surface area contributed by atoms with Gasteiger partial charge in [-0.2, -0.15) is 0 Å². The van der Waals surface area contributed by atoms with E-state index < -0.39 is 0 Å². The molecule has 1 amide bonds. The smallest absolute Gasteiger partial charge is 0.224 e. The fourth-order valence-electron chi connectivity index (χ4n) is 2.57. The highest BCUT2D eigenvalue weighted by molar-refractivity contribution is 5.79. The van der Waals surface area contributed by atoms with Gasteiger partial charge in [0.25, 0.3) is 0 Å². The van der Waals surface area contributed by atoms with Crippen LogP contribution >= 0.6 is 0 Å². The Labute approximate surface area is 133 Å². The van der Waals surface area contributed by atoms with Crippen LogP contribution in [0.5, 0.6) is 0 Å². The second kappa shape index (κ2) is 6.78. The summed E-state index contributed by atoms with van der Waals surface area (Å²) in [6.45, 7) is 10.3. The predicted octanol–water partition coefficient (Wildman–Crippen LogP) is 4.34. The van der Waals surface area contributed by atoms with Crippen LogP contribution in [0.15, 0.2) is 36.4 Å². The van der Waals surface area contributed by atoms with E-state index in [-0.39, 0.29) is 11.9 Å². The van der Waals surface area contributed by atoms with Gasteiger partial charge >= 0.3 is 0 Å². The summed E-state index contributed by atoms with van der Waals surface area (Å²) >= 11 is 0. The van der Waals surface area contributed by atoms with E-state index >= 15 is 0 Å². The molecule has 1 atom stereocenters. The number of carbonyl (C=O) groups excluding carboxylic acids is 1. The van der Waals surface area contributed by atoms with Crippen molar-refractivity contribution >= 4 is 5.91 Å². The van der Waals surface area contributed by atoms with Gasteiger partial charge in [-0.1, -0.05) is 42.0 Å². The van der Waals surface area contributed by atoms with Gasteiger partial charge in [-0.05, 0) is 62.4 Å². The molecular weight excluding hydrogens is 270 g/mol. The average molecular weight is 295 g/mol. The number of rotatable bonds is 4. The zero-order valence-corrected chi connectivity index (χ0v) is 14.2. The van der Waals surface area contributed by atoms with Crippen LogP contribution in [0.2, 0.25) is 0 Å². The maximum atomic E-state index is 12.3. The second-order valence-corrected chi connectivity index (χ2v) is 6.24. The van der Waals surface area contributed by atoms with Gasteiger partial charge in [0.05, 0.1) is 12.5 Å². The molecule has 0 aliphatic heterocycles. The number of carbonyl (C=O) groups is 1. The van der Waals surface area contributed by atoms with Gasteiger partial charge in [-0.25, -0.2) is 0 Å². The molecule has 1 N–H and O–H groups in total. The van der Waals surface area contributed by atoms with Crippen molar-refractivity contribution in [2.75, 3.05) is 0 Å². The molecule has 2 nitrogen and oxygen atoms in total. The first-order valence-corrected chi connectivity index (χ1v) is 7.79. The minimum atomic E-state index is 0.0249. The van der Waals surface area contributed by atoms with Gasteiger partial charge in [0.1, 0.15) is 0 Å². The van der Waals surface area contributed by atoms with Crippen LogP contribution in [0, 0.1) is 27.7 Å². The Morgan fingerprint density at radius 3 is 2.32 bits per heavy atom. The van der Waals surface area contributed by atoms with Crippen molar-refractivity contribution in [3.63, 3.8) is 0 Å². The molecule has 0 aromatic heterocycles. The molecule has 0 fully saturated rings. The predicted molar refractivity (Wildman–Crippen MR) is 92.1 cm³/mol. The van der Waals surface area contributed by atoms with Crippen LogP contribution < -0.4 is 5.32 Å². The molecule has 0 aliphatic carbocycles. The van der Waals surface area contributed by atoms with Crippen molar-refractivity contribution in [3.8, 4) is 0 Å². The second-order valence-electron chi connectivity index (χ2n) is 6.24. The summed E-state index contributed by atoms with van der Waals surface area (Å²) in [6, 6.07) is 12.6. The highest BCUT2D eigenvalue weighted by Gasteiger charge is 2.12. The van der Waals surface area contributed by atoms with E-state index in [9.17, 15) is 4.79 Å². The third kappa shape index (κ3) is 3.97. The molecule has 2 aromatic carbocycles. The molecule has 2 heteroatoms. The minimum Gasteiger partial charge on any atom is -0.349 e. The molecule has 2 rings (SSSR count). The normalized spacial score (nSPS) is 12.0. The van der Waals surface area contributed by atoms with Gasteiger partial charge < -0.3 is 5.32 Å². The molecule has 0 bridgehead atoms. The average Bonchev–Trinajstić information content (AvgIpc) is 2.45. The summed E-state index contributed by atoms with van der Waals surface area (Å²) in [4.78, 5) is 12.3. The van der Waals surface area contributed by atoms with E-state index in [1.54, 1.807) is 0 Å². The Hall–Kier alpha value is -2.09. The summed E-state index contributed by atoms with van der Waals surface area (Å²) in [5.41, 5.74) is 7.14. The van der Waals surface area contributed by atoms with Crippen LogP contribution in [0.25, 0.3) is 0 Å². The standard InChI is InChI=1S/C20H25NO/c1-13-6-7-15(3)19(10-13)12-20(22)21-17(5)18-9-8-14(2)16(4)11-18/h6-11,17H,12H2,1-5H3,(H,21,22)/t17-/m0/s1. The summed E-state index contributed by atoms with van der Waals surface area (Å²) < 4.78 is 0. The van der Waals surface area contributed by atoms with Crippen LogP contribution in [0.1, 0.15) is 46.3 Å². The summed E-state index contributed by atoms with van der Waals surface area (Å²) in [6.07, 6.45) is 0.433. The lowest BCUT2D eigenvalue weighted by molar-refractivity contribution is -0.121. The molecule has 22 heavy (non-hydrogen) atoms. The van der Waals surface area contributed by atoms with Crippen molar-refractivity contribution < 1.29 is 4.79 Å². The van der Waals surface area contributed by atoms with E-state index in [1.807, 2.05) is 6.92 Å². The van der Waals surface area contributed by atoms with E-state index in [0.717, 1.165) is 11.1 Å². The van der Waals surface area contributed by atoms with E-state index in [1.165, 1.54) is 22.3 Å². The molecular formula is C20H25NO. The first-order valence-electron chi connectivity index (χ1n) is 7.79. The molecule has 2 aromatic rings. The van der Waals surface area contributed by atoms with Crippen LogP contribution in [0.4, 0.5) is 0 Å². The van der Waals surface area contributed by atoms with Crippen molar-refractivity contribution in [2.24, 2.45) is 0 Å². The van der Waals surface area contributed by atoms with Gasteiger partial charge in [0.15, 0.2) is 0 Å². The van der Waals surface area contributed by atoms with Gasteiger partial charge in [-0.15, -0.1) is 0 Å². The zero-order chi connectivity index (χ0) is 16.3. The molecule has 0 aliphatic rings. The van der Waals surface area contributed by atoms with Crippen molar-refractivity contribution in [1.29, 1.82) is 0 Å². The SMILES string of the molecule is Cc1ccc(C)c(CC(=O)N[C@@H](C)c2ccc(C)c(C)c2)c1. The summed E-state index contributed by atoms with van der Waals surface area (Å²) in [5.74, 6) is 0.0689. The fraction of sp³-hybridized carbons (Fsp3) is 0.350. The highest BCUT2D eigenvalue weighted by atomic mass is 16.1. The fourth-order valence-corrected chi connectivity index (χ4v) is 2.57.